The third-order valence-electron chi connectivity index (χ3n) is 3.15. The van der Waals surface area contributed by atoms with E-state index in [4.69, 9.17) is 11.6 Å². The van der Waals surface area contributed by atoms with E-state index in [0.29, 0.717) is 10.9 Å². The van der Waals surface area contributed by atoms with Crippen LogP contribution in [-0.2, 0) is 10.0 Å². The van der Waals surface area contributed by atoms with Gasteiger partial charge in [0.1, 0.15) is 5.69 Å². The van der Waals surface area contributed by atoms with Crippen LogP contribution < -0.4 is 4.72 Å². The summed E-state index contributed by atoms with van der Waals surface area (Å²) < 4.78 is 26.3. The summed E-state index contributed by atoms with van der Waals surface area (Å²) in [7, 11) is -3.94. The summed E-state index contributed by atoms with van der Waals surface area (Å²) in [6.45, 7) is 0. The monoisotopic (exact) mass is 334 g/mol. The Hall–Kier alpha value is -2.31. The Balaban J connectivity index is 1.96. The van der Waals surface area contributed by atoms with Crippen LogP contribution in [0.2, 0.25) is 5.02 Å². The number of hydrogen-bond donors (Lipinski definition) is 2. The molecular formula is C15H11ClN2O3S. The molecule has 0 saturated carbocycles. The minimum absolute atomic E-state index is 0.00980. The van der Waals surface area contributed by atoms with Crippen molar-refractivity contribution in [2.24, 2.45) is 0 Å². The van der Waals surface area contributed by atoms with Gasteiger partial charge in [0.05, 0.1) is 9.92 Å². The molecule has 5 nitrogen and oxygen atoms in total. The number of para-hydroxylation sites is 1. The van der Waals surface area contributed by atoms with Crippen molar-refractivity contribution in [1.29, 1.82) is 0 Å². The highest BCUT2D eigenvalue weighted by molar-refractivity contribution is 7.90. The number of fused-ring (bicyclic) bond motifs is 1. The zero-order valence-electron chi connectivity index (χ0n) is 11.2. The first-order chi connectivity index (χ1) is 10.5. The molecule has 0 saturated heterocycles. The average molecular weight is 335 g/mol. The minimum atomic E-state index is -3.94. The van der Waals surface area contributed by atoms with E-state index in [9.17, 15) is 13.2 Å². The SMILES string of the molecule is O=C(NS(=O)(=O)c1ccccc1)c1[nH]c2ccccc2c1Cl. The van der Waals surface area contributed by atoms with E-state index in [1.165, 1.54) is 12.1 Å². The van der Waals surface area contributed by atoms with Gasteiger partial charge < -0.3 is 4.98 Å². The number of carbonyl (C=O) groups excluding carboxylic acids is 1. The van der Waals surface area contributed by atoms with Crippen LogP contribution in [0.4, 0.5) is 0 Å². The number of aromatic amines is 1. The number of aromatic nitrogens is 1. The third-order valence-corrected chi connectivity index (χ3v) is 4.89. The first-order valence-corrected chi connectivity index (χ1v) is 8.23. The summed E-state index contributed by atoms with van der Waals surface area (Å²) in [5, 5.41) is 0.850. The molecule has 2 N–H and O–H groups in total. The van der Waals surface area contributed by atoms with Crippen molar-refractivity contribution < 1.29 is 13.2 Å². The lowest BCUT2D eigenvalue weighted by Gasteiger charge is -2.06. The zero-order valence-corrected chi connectivity index (χ0v) is 12.8. The van der Waals surface area contributed by atoms with Crippen molar-refractivity contribution in [1.82, 2.24) is 9.71 Å². The normalized spacial score (nSPS) is 11.5. The Morgan fingerprint density at radius 3 is 2.32 bits per heavy atom. The number of halogens is 1. The summed E-state index contributed by atoms with van der Waals surface area (Å²) in [6, 6.07) is 14.7. The highest BCUT2D eigenvalue weighted by Crippen LogP contribution is 2.27. The van der Waals surface area contributed by atoms with E-state index in [1.807, 2.05) is 4.72 Å². The van der Waals surface area contributed by atoms with Crippen molar-refractivity contribution in [3.8, 4) is 0 Å². The van der Waals surface area contributed by atoms with Gasteiger partial charge in [0.25, 0.3) is 15.9 Å². The van der Waals surface area contributed by atoms with Crippen LogP contribution in [0, 0.1) is 0 Å². The van der Waals surface area contributed by atoms with Crippen molar-refractivity contribution in [3.05, 3.63) is 65.3 Å². The van der Waals surface area contributed by atoms with Gasteiger partial charge >= 0.3 is 0 Å². The van der Waals surface area contributed by atoms with Gasteiger partial charge in [0.15, 0.2) is 0 Å². The van der Waals surface area contributed by atoms with Gasteiger partial charge in [-0.2, -0.15) is 0 Å². The molecule has 0 fully saturated rings. The van der Waals surface area contributed by atoms with E-state index in [0.717, 1.165) is 0 Å². The number of hydrogen-bond acceptors (Lipinski definition) is 3. The fourth-order valence-corrected chi connectivity index (χ4v) is 3.37. The molecule has 0 unspecified atom stereocenters. The summed E-state index contributed by atoms with van der Waals surface area (Å²) in [5.41, 5.74) is 0.678. The number of benzene rings is 2. The maximum absolute atomic E-state index is 12.2. The van der Waals surface area contributed by atoms with E-state index >= 15 is 0 Å². The Labute approximate surface area is 132 Å². The van der Waals surface area contributed by atoms with E-state index in [1.54, 1.807) is 42.5 Å². The number of rotatable bonds is 3. The largest absolute Gasteiger partial charge is 0.349 e. The predicted molar refractivity (Wildman–Crippen MR) is 84.4 cm³/mol. The second kappa shape index (κ2) is 5.47. The maximum Gasteiger partial charge on any atom is 0.282 e. The van der Waals surface area contributed by atoms with Crippen molar-refractivity contribution in [2.75, 3.05) is 0 Å². The molecule has 2 aromatic carbocycles. The molecule has 0 radical (unpaired) electrons. The van der Waals surface area contributed by atoms with Crippen LogP contribution in [0.5, 0.6) is 0 Å². The quantitative estimate of drug-likeness (QED) is 0.773. The summed E-state index contributed by atoms with van der Waals surface area (Å²) in [4.78, 5) is 15.1. The number of amides is 1. The standard InChI is InChI=1S/C15H11ClN2O3S/c16-13-11-8-4-5-9-12(11)17-14(13)15(19)18-22(20,21)10-6-2-1-3-7-10/h1-9,17H,(H,18,19). The molecule has 0 bridgehead atoms. The molecule has 0 aliphatic rings. The lowest BCUT2D eigenvalue weighted by atomic mass is 10.2. The van der Waals surface area contributed by atoms with Crippen molar-refractivity contribution >= 4 is 38.4 Å². The average Bonchev–Trinajstić information content (AvgIpc) is 2.86. The summed E-state index contributed by atoms with van der Waals surface area (Å²) in [5.74, 6) is -0.801. The van der Waals surface area contributed by atoms with Crippen LogP contribution in [0.1, 0.15) is 10.5 Å². The van der Waals surface area contributed by atoms with Crippen molar-refractivity contribution in [3.63, 3.8) is 0 Å². The van der Waals surface area contributed by atoms with Crippen LogP contribution in [-0.4, -0.2) is 19.3 Å². The topological polar surface area (TPSA) is 79.0 Å². The summed E-state index contributed by atoms with van der Waals surface area (Å²) >= 11 is 6.14. The molecule has 3 aromatic rings. The van der Waals surface area contributed by atoms with Gasteiger partial charge in [-0.05, 0) is 18.2 Å². The number of H-pyrrole nitrogens is 1. The van der Waals surface area contributed by atoms with Gasteiger partial charge in [-0.15, -0.1) is 0 Å². The Bertz CT molecular complexity index is 949. The van der Waals surface area contributed by atoms with Crippen LogP contribution in [0.15, 0.2) is 59.5 Å². The molecule has 0 atom stereocenters. The molecule has 0 spiro atoms. The summed E-state index contributed by atoms with van der Waals surface area (Å²) in [6.07, 6.45) is 0. The highest BCUT2D eigenvalue weighted by Gasteiger charge is 2.22. The molecular weight excluding hydrogens is 324 g/mol. The molecule has 1 amide bonds. The minimum Gasteiger partial charge on any atom is -0.349 e. The maximum atomic E-state index is 12.2. The fourth-order valence-electron chi connectivity index (χ4n) is 2.10. The van der Waals surface area contributed by atoms with Crippen LogP contribution in [0.25, 0.3) is 10.9 Å². The molecule has 112 valence electrons. The Kier molecular flexibility index (Phi) is 3.64. The Morgan fingerprint density at radius 2 is 1.64 bits per heavy atom. The van der Waals surface area contributed by atoms with Gasteiger partial charge in [0.2, 0.25) is 0 Å². The second-order valence-corrected chi connectivity index (χ2v) is 6.67. The lowest BCUT2D eigenvalue weighted by Crippen LogP contribution is -2.31. The third kappa shape index (κ3) is 2.58. The van der Waals surface area contributed by atoms with Gasteiger partial charge in [-0.25, -0.2) is 13.1 Å². The predicted octanol–water partition coefficient (Wildman–Crippen LogP) is 2.94. The van der Waals surface area contributed by atoms with Gasteiger partial charge in [-0.3, -0.25) is 4.79 Å². The first kappa shape index (κ1) is 14.6. The number of sulfonamides is 1. The van der Waals surface area contributed by atoms with Crippen LogP contribution in [0.3, 0.4) is 0 Å². The molecule has 0 aliphatic heterocycles. The molecule has 3 rings (SSSR count). The van der Waals surface area contributed by atoms with E-state index < -0.39 is 15.9 Å². The molecule has 1 aromatic heterocycles. The van der Waals surface area contributed by atoms with Gasteiger partial charge in [-0.1, -0.05) is 48.0 Å². The van der Waals surface area contributed by atoms with E-state index in [-0.39, 0.29) is 15.6 Å². The Morgan fingerprint density at radius 1 is 1.00 bits per heavy atom. The van der Waals surface area contributed by atoms with Crippen molar-refractivity contribution in [2.45, 2.75) is 4.90 Å². The number of nitrogens with one attached hydrogen (secondary N) is 2. The smallest absolute Gasteiger partial charge is 0.282 e. The van der Waals surface area contributed by atoms with Crippen LogP contribution >= 0.6 is 11.6 Å². The highest BCUT2D eigenvalue weighted by atomic mass is 35.5. The zero-order chi connectivity index (χ0) is 15.7. The molecule has 0 aliphatic carbocycles. The number of carbonyl (C=O) groups is 1. The fraction of sp³-hybridized carbons (Fsp3) is 0. The molecule has 1 heterocycles. The second-order valence-electron chi connectivity index (χ2n) is 4.61. The van der Waals surface area contributed by atoms with E-state index in [2.05, 4.69) is 4.98 Å². The first-order valence-electron chi connectivity index (χ1n) is 6.37. The molecule has 7 heteroatoms. The lowest BCUT2D eigenvalue weighted by molar-refractivity contribution is 0.0977. The van der Waals surface area contributed by atoms with Gasteiger partial charge in [0, 0.05) is 10.9 Å². The molecule has 22 heavy (non-hydrogen) atoms.